The van der Waals surface area contributed by atoms with E-state index in [4.69, 9.17) is 16.3 Å². The number of carbonyl (C=O) groups excluding carboxylic acids is 1. The van der Waals surface area contributed by atoms with Crippen molar-refractivity contribution in [1.29, 1.82) is 0 Å². The Kier molecular flexibility index (Phi) is 4.65. The van der Waals surface area contributed by atoms with E-state index in [1.807, 2.05) is 18.2 Å². The predicted octanol–water partition coefficient (Wildman–Crippen LogP) is 5.39. The van der Waals surface area contributed by atoms with E-state index in [1.165, 1.54) is 12.1 Å². The third-order valence-electron chi connectivity index (χ3n) is 4.54. The molecule has 2 N–H and O–H groups in total. The van der Waals surface area contributed by atoms with Crippen molar-refractivity contribution >= 4 is 45.2 Å². The first-order valence-electron chi connectivity index (χ1n) is 8.78. The van der Waals surface area contributed by atoms with Crippen LogP contribution >= 0.6 is 11.6 Å². The number of nitrogens with one attached hydrogen (secondary N) is 2. The van der Waals surface area contributed by atoms with Crippen LogP contribution in [0.2, 0.25) is 5.02 Å². The number of hydrogen-bond acceptors (Lipinski definition) is 4. The number of fused-ring (bicyclic) bond motifs is 2. The van der Waals surface area contributed by atoms with E-state index >= 15 is 0 Å². The van der Waals surface area contributed by atoms with Crippen LogP contribution < -0.4 is 5.32 Å². The molecule has 0 radical (unpaired) electrons. The molecule has 2 aromatic carbocycles. The first kappa shape index (κ1) is 18.3. The fourth-order valence-electron chi connectivity index (χ4n) is 3.19. The van der Waals surface area contributed by atoms with Crippen LogP contribution in [0, 0.1) is 5.82 Å². The quantitative estimate of drug-likeness (QED) is 0.453. The summed E-state index contributed by atoms with van der Waals surface area (Å²) in [6.45, 7) is 2.10. The molecule has 0 aliphatic rings. The number of benzene rings is 2. The molecule has 0 unspecified atom stereocenters. The van der Waals surface area contributed by atoms with Crippen molar-refractivity contribution in [1.82, 2.24) is 9.97 Å². The highest BCUT2D eigenvalue weighted by Gasteiger charge is 2.15. The van der Waals surface area contributed by atoms with Gasteiger partial charge in [-0.25, -0.2) is 14.2 Å². The van der Waals surface area contributed by atoms with E-state index in [1.54, 1.807) is 26.1 Å². The Morgan fingerprint density at radius 2 is 2.00 bits per heavy atom. The van der Waals surface area contributed by atoms with Gasteiger partial charge in [0.05, 0.1) is 39.4 Å². The highest BCUT2D eigenvalue weighted by molar-refractivity contribution is 6.40. The fraction of sp³-hybridized carbons (Fsp3) is 0.143. The number of H-pyrrole nitrogens is 1. The Morgan fingerprint density at radius 1 is 1.25 bits per heavy atom. The molecule has 0 fully saturated rings. The molecule has 4 aromatic rings. The zero-order valence-electron chi connectivity index (χ0n) is 15.3. The second-order valence-corrected chi connectivity index (χ2v) is 6.64. The minimum absolute atomic E-state index is 0.329. The van der Waals surface area contributed by atoms with E-state index in [0.717, 1.165) is 11.3 Å². The summed E-state index contributed by atoms with van der Waals surface area (Å²) in [6, 6.07) is 11.7. The molecule has 142 valence electrons. The van der Waals surface area contributed by atoms with E-state index in [2.05, 4.69) is 15.3 Å². The SMILES string of the molecule is CCOC(=O)c1ccc(-c2cc3nc4c(NC)cc(F)cc4c(Cl)c3[nH]2)cc1. The molecular formula is C21H17ClFN3O2. The Balaban J connectivity index is 1.82. The number of aromatic amines is 1. The third kappa shape index (κ3) is 3.05. The summed E-state index contributed by atoms with van der Waals surface area (Å²) >= 11 is 6.55. The fourth-order valence-corrected chi connectivity index (χ4v) is 3.48. The van der Waals surface area contributed by atoms with Gasteiger partial charge in [-0.1, -0.05) is 23.7 Å². The first-order valence-corrected chi connectivity index (χ1v) is 9.16. The van der Waals surface area contributed by atoms with Gasteiger partial charge in [0.25, 0.3) is 0 Å². The lowest BCUT2D eigenvalue weighted by Gasteiger charge is -2.07. The lowest BCUT2D eigenvalue weighted by Crippen LogP contribution is -2.03. The molecule has 4 rings (SSSR count). The molecule has 0 bridgehead atoms. The second kappa shape index (κ2) is 7.13. The van der Waals surface area contributed by atoms with Gasteiger partial charge in [-0.2, -0.15) is 0 Å². The topological polar surface area (TPSA) is 67.0 Å². The van der Waals surface area contributed by atoms with Crippen molar-refractivity contribution in [3.63, 3.8) is 0 Å². The molecule has 0 saturated carbocycles. The van der Waals surface area contributed by atoms with Crippen molar-refractivity contribution in [3.8, 4) is 11.3 Å². The van der Waals surface area contributed by atoms with Crippen molar-refractivity contribution in [2.24, 2.45) is 0 Å². The Bertz CT molecular complexity index is 1200. The molecule has 0 amide bonds. The van der Waals surface area contributed by atoms with Gasteiger partial charge < -0.3 is 15.0 Å². The number of pyridine rings is 1. The third-order valence-corrected chi connectivity index (χ3v) is 4.93. The van der Waals surface area contributed by atoms with Gasteiger partial charge in [-0.3, -0.25) is 0 Å². The maximum absolute atomic E-state index is 13.9. The minimum atomic E-state index is -0.388. The molecule has 0 spiro atoms. The van der Waals surface area contributed by atoms with Gasteiger partial charge in [-0.15, -0.1) is 0 Å². The van der Waals surface area contributed by atoms with E-state index in [-0.39, 0.29) is 11.8 Å². The Morgan fingerprint density at radius 3 is 2.68 bits per heavy atom. The molecular weight excluding hydrogens is 381 g/mol. The minimum Gasteiger partial charge on any atom is -0.462 e. The van der Waals surface area contributed by atoms with E-state index in [0.29, 0.717) is 44.8 Å². The molecule has 0 aliphatic carbocycles. The van der Waals surface area contributed by atoms with Crippen molar-refractivity contribution in [2.45, 2.75) is 6.92 Å². The van der Waals surface area contributed by atoms with Gasteiger partial charge in [0.15, 0.2) is 0 Å². The smallest absolute Gasteiger partial charge is 0.338 e. The average Bonchev–Trinajstić information content (AvgIpc) is 3.13. The highest BCUT2D eigenvalue weighted by atomic mass is 35.5. The van der Waals surface area contributed by atoms with Crippen LogP contribution in [0.5, 0.6) is 0 Å². The number of carbonyl (C=O) groups is 1. The van der Waals surface area contributed by atoms with Crippen LogP contribution in [0.25, 0.3) is 33.2 Å². The van der Waals surface area contributed by atoms with Crippen LogP contribution in [0.4, 0.5) is 10.1 Å². The molecule has 0 atom stereocenters. The van der Waals surface area contributed by atoms with Gasteiger partial charge in [-0.05, 0) is 42.8 Å². The average molecular weight is 398 g/mol. The van der Waals surface area contributed by atoms with Gasteiger partial charge >= 0.3 is 5.97 Å². The van der Waals surface area contributed by atoms with Crippen LogP contribution in [0.1, 0.15) is 17.3 Å². The molecule has 0 saturated heterocycles. The molecule has 7 heteroatoms. The van der Waals surface area contributed by atoms with E-state index in [9.17, 15) is 9.18 Å². The molecule has 0 aliphatic heterocycles. The van der Waals surface area contributed by atoms with Crippen molar-refractivity contribution in [3.05, 3.63) is 58.9 Å². The zero-order valence-corrected chi connectivity index (χ0v) is 16.0. The number of rotatable bonds is 4. The summed E-state index contributed by atoms with van der Waals surface area (Å²) in [7, 11) is 1.71. The highest BCUT2D eigenvalue weighted by Crippen LogP contribution is 2.36. The summed E-state index contributed by atoms with van der Waals surface area (Å²) in [6.07, 6.45) is 0. The maximum atomic E-state index is 13.9. The summed E-state index contributed by atoms with van der Waals surface area (Å²) < 4.78 is 18.9. The Labute approximate surface area is 165 Å². The lowest BCUT2D eigenvalue weighted by molar-refractivity contribution is 0.0526. The number of aromatic nitrogens is 2. The first-order chi connectivity index (χ1) is 13.5. The Hall–Kier alpha value is -3.12. The molecule has 2 heterocycles. The van der Waals surface area contributed by atoms with Crippen LogP contribution in [0.15, 0.2) is 42.5 Å². The largest absolute Gasteiger partial charge is 0.462 e. The van der Waals surface area contributed by atoms with E-state index < -0.39 is 0 Å². The van der Waals surface area contributed by atoms with Crippen molar-refractivity contribution < 1.29 is 13.9 Å². The summed E-state index contributed by atoms with van der Waals surface area (Å²) in [5.41, 5.74) is 4.62. The number of halogens is 2. The summed E-state index contributed by atoms with van der Waals surface area (Å²) in [5.74, 6) is -0.746. The van der Waals surface area contributed by atoms with Crippen molar-refractivity contribution in [2.75, 3.05) is 19.0 Å². The van der Waals surface area contributed by atoms with Crippen LogP contribution in [-0.2, 0) is 4.74 Å². The number of ether oxygens (including phenoxy) is 1. The van der Waals surface area contributed by atoms with Crippen LogP contribution in [0.3, 0.4) is 0 Å². The van der Waals surface area contributed by atoms with Gasteiger partial charge in [0, 0.05) is 18.1 Å². The number of nitrogens with zero attached hydrogens (tertiary/aromatic N) is 1. The molecule has 2 aromatic heterocycles. The predicted molar refractivity (Wildman–Crippen MR) is 110 cm³/mol. The summed E-state index contributed by atoms with van der Waals surface area (Å²) in [5, 5.41) is 3.89. The summed E-state index contributed by atoms with van der Waals surface area (Å²) in [4.78, 5) is 19.7. The number of esters is 1. The normalized spacial score (nSPS) is 11.1. The maximum Gasteiger partial charge on any atom is 0.338 e. The molecule has 5 nitrogen and oxygen atoms in total. The van der Waals surface area contributed by atoms with Gasteiger partial charge in [0.1, 0.15) is 5.82 Å². The zero-order chi connectivity index (χ0) is 19.8. The number of hydrogen-bond donors (Lipinski definition) is 2. The lowest BCUT2D eigenvalue weighted by atomic mass is 10.1. The molecule has 28 heavy (non-hydrogen) atoms. The standard InChI is InChI=1S/C21H17ClFN3O2/c1-3-28-21(27)12-6-4-11(5-7-12)15-10-17-20(25-15)18(22)14-8-13(23)9-16(24-2)19(14)26-17/h4-10,24-25H,3H2,1-2H3. The monoisotopic (exact) mass is 397 g/mol. The second-order valence-electron chi connectivity index (χ2n) is 6.27. The number of anilines is 1. The van der Waals surface area contributed by atoms with Crippen LogP contribution in [-0.4, -0.2) is 29.6 Å². The van der Waals surface area contributed by atoms with Gasteiger partial charge in [0.2, 0.25) is 0 Å².